The van der Waals surface area contributed by atoms with Gasteiger partial charge in [0.2, 0.25) is 0 Å². The molecule has 82 valence electrons. The maximum absolute atomic E-state index is 5.91. The lowest BCUT2D eigenvalue weighted by Crippen LogP contribution is -2.40. The Hall–Kier alpha value is -0.860. The minimum atomic E-state index is -0.474. The SMILES string of the molecule is C[C@H]1C[C@@H](c2ccccc2)OC(C)(C)O1. The van der Waals surface area contributed by atoms with Crippen molar-refractivity contribution in [3.05, 3.63) is 35.9 Å². The second kappa shape index (κ2) is 3.95. The zero-order valence-corrected chi connectivity index (χ0v) is 9.57. The number of hydrogen-bond acceptors (Lipinski definition) is 2. The van der Waals surface area contributed by atoms with Crippen LogP contribution < -0.4 is 0 Å². The third-order valence-corrected chi connectivity index (χ3v) is 2.63. The highest BCUT2D eigenvalue weighted by Crippen LogP contribution is 2.35. The van der Waals surface area contributed by atoms with E-state index in [0.717, 1.165) is 6.42 Å². The van der Waals surface area contributed by atoms with Crippen LogP contribution in [-0.4, -0.2) is 11.9 Å². The predicted molar refractivity (Wildman–Crippen MR) is 59.5 cm³/mol. The summed E-state index contributed by atoms with van der Waals surface area (Å²) in [5, 5.41) is 0. The zero-order chi connectivity index (χ0) is 10.9. The minimum Gasteiger partial charge on any atom is -0.347 e. The summed E-state index contributed by atoms with van der Waals surface area (Å²) in [5.74, 6) is -0.474. The molecule has 0 unspecified atom stereocenters. The molecule has 15 heavy (non-hydrogen) atoms. The number of benzene rings is 1. The van der Waals surface area contributed by atoms with Crippen LogP contribution in [0.3, 0.4) is 0 Å². The summed E-state index contributed by atoms with van der Waals surface area (Å²) in [6.07, 6.45) is 1.33. The van der Waals surface area contributed by atoms with Gasteiger partial charge in [-0.25, -0.2) is 0 Å². The molecule has 0 bridgehead atoms. The van der Waals surface area contributed by atoms with E-state index in [2.05, 4.69) is 19.1 Å². The first-order valence-corrected chi connectivity index (χ1v) is 5.47. The molecule has 1 saturated heterocycles. The van der Waals surface area contributed by atoms with Crippen molar-refractivity contribution in [1.29, 1.82) is 0 Å². The Morgan fingerprint density at radius 1 is 1.13 bits per heavy atom. The summed E-state index contributed by atoms with van der Waals surface area (Å²) in [6, 6.07) is 10.3. The minimum absolute atomic E-state index is 0.157. The van der Waals surface area contributed by atoms with Crippen LogP contribution in [0.5, 0.6) is 0 Å². The summed E-state index contributed by atoms with van der Waals surface area (Å²) >= 11 is 0. The maximum atomic E-state index is 5.91. The Kier molecular flexibility index (Phi) is 2.81. The van der Waals surface area contributed by atoms with Crippen molar-refractivity contribution in [3.8, 4) is 0 Å². The third kappa shape index (κ3) is 2.58. The molecule has 1 aromatic rings. The van der Waals surface area contributed by atoms with Gasteiger partial charge in [-0.3, -0.25) is 0 Å². The summed E-state index contributed by atoms with van der Waals surface area (Å²) in [7, 11) is 0. The first-order valence-electron chi connectivity index (χ1n) is 5.47. The lowest BCUT2D eigenvalue weighted by molar-refractivity contribution is -0.298. The quantitative estimate of drug-likeness (QED) is 0.702. The zero-order valence-electron chi connectivity index (χ0n) is 9.57. The standard InChI is InChI=1S/C13H18O2/c1-10-9-12(15-13(2,3)14-10)11-7-5-4-6-8-11/h4-8,10,12H,9H2,1-3H3/t10-,12-/m0/s1. The molecule has 2 atom stereocenters. The Labute approximate surface area is 91.2 Å². The van der Waals surface area contributed by atoms with Crippen molar-refractivity contribution in [2.75, 3.05) is 0 Å². The predicted octanol–water partition coefficient (Wildman–Crippen LogP) is 3.29. The second-order valence-corrected chi connectivity index (χ2v) is 4.58. The van der Waals surface area contributed by atoms with Gasteiger partial charge in [-0.1, -0.05) is 30.3 Å². The molecule has 1 aliphatic heterocycles. The Morgan fingerprint density at radius 3 is 2.40 bits per heavy atom. The number of rotatable bonds is 1. The normalized spacial score (nSPS) is 30.1. The van der Waals surface area contributed by atoms with E-state index in [9.17, 15) is 0 Å². The summed E-state index contributed by atoms with van der Waals surface area (Å²) in [4.78, 5) is 0. The van der Waals surface area contributed by atoms with Crippen molar-refractivity contribution < 1.29 is 9.47 Å². The molecule has 0 aromatic heterocycles. The van der Waals surface area contributed by atoms with Gasteiger partial charge >= 0.3 is 0 Å². The second-order valence-electron chi connectivity index (χ2n) is 4.58. The highest BCUT2D eigenvalue weighted by Gasteiger charge is 2.33. The molecule has 1 aliphatic rings. The van der Waals surface area contributed by atoms with Crippen LogP contribution >= 0.6 is 0 Å². The van der Waals surface area contributed by atoms with E-state index in [1.54, 1.807) is 0 Å². The molecule has 1 fully saturated rings. The number of hydrogen-bond donors (Lipinski definition) is 0. The molecule has 0 N–H and O–H groups in total. The Morgan fingerprint density at radius 2 is 1.80 bits per heavy atom. The third-order valence-electron chi connectivity index (χ3n) is 2.63. The molecule has 1 aromatic carbocycles. The Balaban J connectivity index is 2.17. The molecule has 2 heteroatoms. The van der Waals surface area contributed by atoms with Crippen molar-refractivity contribution in [2.45, 2.75) is 45.2 Å². The van der Waals surface area contributed by atoms with Crippen LogP contribution in [0.4, 0.5) is 0 Å². The molecular formula is C13H18O2. The first-order chi connectivity index (χ1) is 7.07. The van der Waals surface area contributed by atoms with E-state index in [1.165, 1.54) is 5.56 Å². The Bertz CT molecular complexity index is 319. The summed E-state index contributed by atoms with van der Waals surface area (Å²) in [6.45, 7) is 6.04. The topological polar surface area (TPSA) is 18.5 Å². The van der Waals surface area contributed by atoms with Gasteiger partial charge in [-0.05, 0) is 26.3 Å². The molecule has 0 aliphatic carbocycles. The van der Waals surface area contributed by atoms with E-state index >= 15 is 0 Å². The van der Waals surface area contributed by atoms with E-state index < -0.39 is 5.79 Å². The van der Waals surface area contributed by atoms with E-state index in [1.807, 2.05) is 32.0 Å². The van der Waals surface area contributed by atoms with Crippen LogP contribution in [0.1, 0.15) is 38.9 Å². The molecule has 0 spiro atoms. The molecule has 0 radical (unpaired) electrons. The largest absolute Gasteiger partial charge is 0.347 e. The van der Waals surface area contributed by atoms with Gasteiger partial charge in [0.05, 0.1) is 12.2 Å². The van der Waals surface area contributed by atoms with Crippen LogP contribution in [0, 0.1) is 0 Å². The van der Waals surface area contributed by atoms with E-state index in [-0.39, 0.29) is 12.2 Å². The molecule has 0 amide bonds. The average Bonchev–Trinajstić information content (AvgIpc) is 2.16. The lowest BCUT2D eigenvalue weighted by atomic mass is 10.0. The maximum Gasteiger partial charge on any atom is 0.163 e. The van der Waals surface area contributed by atoms with Crippen molar-refractivity contribution >= 4 is 0 Å². The van der Waals surface area contributed by atoms with Crippen molar-refractivity contribution in [1.82, 2.24) is 0 Å². The van der Waals surface area contributed by atoms with E-state index in [0.29, 0.717) is 0 Å². The number of ether oxygens (including phenoxy) is 2. The van der Waals surface area contributed by atoms with Crippen LogP contribution in [-0.2, 0) is 9.47 Å². The van der Waals surface area contributed by atoms with Crippen LogP contribution in [0.15, 0.2) is 30.3 Å². The van der Waals surface area contributed by atoms with Gasteiger partial charge in [-0.15, -0.1) is 0 Å². The van der Waals surface area contributed by atoms with Crippen molar-refractivity contribution in [3.63, 3.8) is 0 Å². The summed E-state index contributed by atoms with van der Waals surface area (Å²) < 4.78 is 11.6. The molecular weight excluding hydrogens is 188 g/mol. The summed E-state index contributed by atoms with van der Waals surface area (Å²) in [5.41, 5.74) is 1.24. The van der Waals surface area contributed by atoms with Gasteiger partial charge in [0.1, 0.15) is 0 Å². The van der Waals surface area contributed by atoms with Gasteiger partial charge < -0.3 is 9.47 Å². The molecule has 0 saturated carbocycles. The van der Waals surface area contributed by atoms with Crippen LogP contribution in [0.2, 0.25) is 0 Å². The van der Waals surface area contributed by atoms with Gasteiger partial charge in [0, 0.05) is 6.42 Å². The van der Waals surface area contributed by atoms with E-state index in [4.69, 9.17) is 9.47 Å². The fraction of sp³-hybridized carbons (Fsp3) is 0.538. The van der Waals surface area contributed by atoms with Crippen molar-refractivity contribution in [2.24, 2.45) is 0 Å². The van der Waals surface area contributed by atoms with Gasteiger partial charge in [-0.2, -0.15) is 0 Å². The fourth-order valence-corrected chi connectivity index (χ4v) is 2.12. The fourth-order valence-electron chi connectivity index (χ4n) is 2.12. The highest BCUT2D eigenvalue weighted by molar-refractivity contribution is 5.18. The molecule has 2 rings (SSSR count). The molecule has 2 nitrogen and oxygen atoms in total. The van der Waals surface area contributed by atoms with Gasteiger partial charge in [0.25, 0.3) is 0 Å². The van der Waals surface area contributed by atoms with Gasteiger partial charge in [0.15, 0.2) is 5.79 Å². The first kappa shape index (κ1) is 10.7. The smallest absolute Gasteiger partial charge is 0.163 e. The average molecular weight is 206 g/mol. The highest BCUT2D eigenvalue weighted by atomic mass is 16.7. The lowest BCUT2D eigenvalue weighted by Gasteiger charge is -2.39. The van der Waals surface area contributed by atoms with Crippen LogP contribution in [0.25, 0.3) is 0 Å². The monoisotopic (exact) mass is 206 g/mol. The molecule has 1 heterocycles.